The summed E-state index contributed by atoms with van der Waals surface area (Å²) >= 11 is 0. The molecular formula is C17H26O7. The van der Waals surface area contributed by atoms with Gasteiger partial charge in [0.2, 0.25) is 0 Å². The van der Waals surface area contributed by atoms with Gasteiger partial charge in [-0.1, -0.05) is 31.5 Å². The molecular weight excluding hydrogens is 316 g/mol. The van der Waals surface area contributed by atoms with Crippen LogP contribution < -0.4 is 0 Å². The first-order valence-electron chi connectivity index (χ1n) is 8.00. The number of esters is 1. The lowest BCUT2D eigenvalue weighted by atomic mass is 10.0. The number of carbonyl (C=O) groups is 1. The molecule has 0 aliphatic carbocycles. The van der Waals surface area contributed by atoms with Crippen molar-refractivity contribution in [2.75, 3.05) is 13.2 Å². The highest BCUT2D eigenvalue weighted by molar-refractivity contribution is 5.91. The maximum Gasteiger partial charge on any atom is 0.338 e. The van der Waals surface area contributed by atoms with E-state index in [9.17, 15) is 25.2 Å². The predicted octanol–water partition coefficient (Wildman–Crippen LogP) is -0.378. The average molecular weight is 342 g/mol. The molecule has 5 N–H and O–H groups in total. The number of aliphatic hydroxyl groups is 5. The lowest BCUT2D eigenvalue weighted by Crippen LogP contribution is -2.47. The molecule has 1 aromatic carbocycles. The Kier molecular flexibility index (Phi) is 8.88. The highest BCUT2D eigenvalue weighted by Crippen LogP contribution is 2.14. The molecule has 136 valence electrons. The summed E-state index contributed by atoms with van der Waals surface area (Å²) in [7, 11) is 0. The summed E-state index contributed by atoms with van der Waals surface area (Å²) in [6.07, 6.45) is -4.05. The van der Waals surface area contributed by atoms with Crippen LogP contribution in [0.25, 0.3) is 0 Å². The van der Waals surface area contributed by atoms with Crippen molar-refractivity contribution < 1.29 is 35.1 Å². The van der Waals surface area contributed by atoms with Crippen LogP contribution in [0.15, 0.2) is 24.3 Å². The fraction of sp³-hybridized carbons (Fsp3) is 0.588. The Morgan fingerprint density at radius 2 is 1.71 bits per heavy atom. The Balaban J connectivity index is 2.62. The molecule has 4 atom stereocenters. The molecule has 0 aromatic heterocycles. The zero-order valence-electron chi connectivity index (χ0n) is 13.7. The van der Waals surface area contributed by atoms with E-state index in [0.717, 1.165) is 24.8 Å². The second kappa shape index (κ2) is 10.4. The van der Waals surface area contributed by atoms with Gasteiger partial charge in [0.15, 0.2) is 0 Å². The summed E-state index contributed by atoms with van der Waals surface area (Å²) in [4.78, 5) is 12.1. The monoisotopic (exact) mass is 342 g/mol. The first-order chi connectivity index (χ1) is 11.4. The van der Waals surface area contributed by atoms with Crippen LogP contribution in [0, 0.1) is 0 Å². The molecule has 0 aliphatic heterocycles. The van der Waals surface area contributed by atoms with Crippen LogP contribution in [-0.2, 0) is 11.2 Å². The van der Waals surface area contributed by atoms with Crippen LogP contribution in [0.3, 0.4) is 0 Å². The normalized spacial score (nSPS) is 16.2. The van der Waals surface area contributed by atoms with Crippen molar-refractivity contribution in [3.63, 3.8) is 0 Å². The van der Waals surface area contributed by atoms with Gasteiger partial charge in [0.25, 0.3) is 0 Å². The van der Waals surface area contributed by atoms with E-state index in [1.54, 1.807) is 12.1 Å². The molecule has 0 heterocycles. The molecule has 7 nitrogen and oxygen atoms in total. The minimum Gasteiger partial charge on any atom is -0.459 e. The predicted molar refractivity (Wildman–Crippen MR) is 86.4 cm³/mol. The number of carbonyl (C=O) groups excluding carboxylic acids is 1. The van der Waals surface area contributed by atoms with E-state index in [4.69, 9.17) is 9.84 Å². The fourth-order valence-corrected chi connectivity index (χ4v) is 2.21. The summed E-state index contributed by atoms with van der Waals surface area (Å²) in [5, 5.41) is 46.9. The molecule has 24 heavy (non-hydrogen) atoms. The topological polar surface area (TPSA) is 127 Å². The molecule has 1 rings (SSSR count). The lowest BCUT2D eigenvalue weighted by molar-refractivity contribution is -0.124. The molecule has 0 aliphatic rings. The first kappa shape index (κ1) is 20.5. The number of aliphatic hydroxyl groups excluding tert-OH is 5. The van der Waals surface area contributed by atoms with Gasteiger partial charge in [-0.15, -0.1) is 0 Å². The second-order valence-electron chi connectivity index (χ2n) is 5.66. The molecule has 0 fully saturated rings. The number of hydrogen-bond donors (Lipinski definition) is 5. The van der Waals surface area contributed by atoms with Crippen LogP contribution >= 0.6 is 0 Å². The number of ether oxygens (including phenoxy) is 1. The fourth-order valence-electron chi connectivity index (χ4n) is 2.21. The number of hydrogen-bond acceptors (Lipinski definition) is 7. The molecule has 0 radical (unpaired) electrons. The van der Waals surface area contributed by atoms with Gasteiger partial charge in [-0.3, -0.25) is 0 Å². The summed E-state index contributed by atoms with van der Waals surface area (Å²) in [5.74, 6) is -0.634. The van der Waals surface area contributed by atoms with E-state index in [0.29, 0.717) is 5.56 Å². The Morgan fingerprint density at radius 3 is 2.33 bits per heavy atom. The Morgan fingerprint density at radius 1 is 1.08 bits per heavy atom. The molecule has 0 saturated carbocycles. The number of rotatable bonds is 10. The molecule has 1 aromatic rings. The van der Waals surface area contributed by atoms with Crippen molar-refractivity contribution >= 4 is 5.97 Å². The van der Waals surface area contributed by atoms with Crippen molar-refractivity contribution in [2.24, 2.45) is 0 Å². The highest BCUT2D eigenvalue weighted by atomic mass is 16.5. The molecule has 0 spiro atoms. The quantitative estimate of drug-likeness (QED) is 0.367. The van der Waals surface area contributed by atoms with E-state index in [1.807, 2.05) is 19.1 Å². The minimum atomic E-state index is -1.75. The maximum atomic E-state index is 12.1. The van der Waals surface area contributed by atoms with Gasteiger partial charge in [0.1, 0.15) is 31.0 Å². The van der Waals surface area contributed by atoms with Crippen LogP contribution in [0.5, 0.6) is 0 Å². The maximum absolute atomic E-state index is 12.1. The van der Waals surface area contributed by atoms with Gasteiger partial charge in [0.05, 0.1) is 12.2 Å². The molecule has 7 heteroatoms. The van der Waals surface area contributed by atoms with Gasteiger partial charge in [-0.2, -0.15) is 0 Å². The largest absolute Gasteiger partial charge is 0.459 e. The van der Waals surface area contributed by atoms with Gasteiger partial charge < -0.3 is 30.3 Å². The number of unbranched alkanes of at least 4 members (excludes halogenated alkanes) is 1. The van der Waals surface area contributed by atoms with Crippen molar-refractivity contribution in [3.8, 4) is 0 Å². The van der Waals surface area contributed by atoms with Crippen LogP contribution in [0.4, 0.5) is 0 Å². The third-order valence-electron chi connectivity index (χ3n) is 3.75. The van der Waals surface area contributed by atoms with Crippen molar-refractivity contribution in [1.29, 1.82) is 0 Å². The van der Waals surface area contributed by atoms with Crippen LogP contribution in [0.2, 0.25) is 0 Å². The van der Waals surface area contributed by atoms with Crippen molar-refractivity contribution in [1.82, 2.24) is 0 Å². The van der Waals surface area contributed by atoms with Crippen molar-refractivity contribution in [2.45, 2.75) is 50.6 Å². The Labute approximate surface area is 141 Å². The van der Waals surface area contributed by atoms with E-state index in [1.165, 1.54) is 0 Å². The van der Waals surface area contributed by atoms with Gasteiger partial charge in [0, 0.05) is 0 Å². The Bertz CT molecular complexity index is 505. The first-order valence-corrected chi connectivity index (χ1v) is 8.00. The molecule has 0 amide bonds. The number of benzene rings is 1. The SMILES string of the molecule is CCCCc1ccccc1C(=O)OC[C@H](O)[C@@H](O)[C@H](O)[C@H](O)CO. The molecule has 0 saturated heterocycles. The zero-order chi connectivity index (χ0) is 18.1. The van der Waals surface area contributed by atoms with Crippen molar-refractivity contribution in [3.05, 3.63) is 35.4 Å². The molecule has 0 unspecified atom stereocenters. The van der Waals surface area contributed by atoms with E-state index >= 15 is 0 Å². The second-order valence-corrected chi connectivity index (χ2v) is 5.66. The van der Waals surface area contributed by atoms with E-state index in [2.05, 4.69) is 0 Å². The lowest BCUT2D eigenvalue weighted by Gasteiger charge is -2.25. The van der Waals surface area contributed by atoms with Gasteiger partial charge in [-0.05, 0) is 24.5 Å². The zero-order valence-corrected chi connectivity index (χ0v) is 13.7. The smallest absolute Gasteiger partial charge is 0.338 e. The number of aryl methyl sites for hydroxylation is 1. The highest BCUT2D eigenvalue weighted by Gasteiger charge is 2.30. The van der Waals surface area contributed by atoms with Crippen LogP contribution in [-0.4, -0.2) is 69.1 Å². The Hall–Kier alpha value is -1.51. The van der Waals surface area contributed by atoms with Gasteiger partial charge in [-0.25, -0.2) is 4.79 Å². The standard InChI is InChI=1S/C17H26O7/c1-2-3-6-11-7-4-5-8-12(11)17(23)24-10-14(20)16(22)15(21)13(19)9-18/h4-5,7-8,13-16,18-22H,2-3,6,9-10H2,1H3/t13-,14+,15-,16-/m1/s1. The van der Waals surface area contributed by atoms with E-state index in [-0.39, 0.29) is 0 Å². The minimum absolute atomic E-state index is 0.392. The molecule has 0 bridgehead atoms. The summed E-state index contributed by atoms with van der Waals surface area (Å²) < 4.78 is 4.99. The third-order valence-corrected chi connectivity index (χ3v) is 3.75. The summed E-state index contributed by atoms with van der Waals surface area (Å²) in [6, 6.07) is 6.99. The summed E-state index contributed by atoms with van der Waals surface area (Å²) in [6.45, 7) is 0.734. The van der Waals surface area contributed by atoms with Gasteiger partial charge >= 0.3 is 5.97 Å². The van der Waals surface area contributed by atoms with Crippen LogP contribution in [0.1, 0.15) is 35.7 Å². The average Bonchev–Trinajstić information content (AvgIpc) is 2.62. The third kappa shape index (κ3) is 5.85. The summed E-state index contributed by atoms with van der Waals surface area (Å²) in [5.41, 5.74) is 1.23. The van der Waals surface area contributed by atoms with E-state index < -0.39 is 43.6 Å².